The van der Waals surface area contributed by atoms with E-state index in [2.05, 4.69) is 5.32 Å². The average molecular weight is 432 g/mol. The van der Waals surface area contributed by atoms with Gasteiger partial charge in [-0.1, -0.05) is 18.2 Å². The van der Waals surface area contributed by atoms with Gasteiger partial charge in [0.05, 0.1) is 23.5 Å². The first-order valence-electron chi connectivity index (χ1n) is 8.53. The van der Waals surface area contributed by atoms with Crippen LogP contribution in [0.4, 0.5) is 23.2 Å². The van der Waals surface area contributed by atoms with E-state index in [0.717, 1.165) is 18.4 Å². The van der Waals surface area contributed by atoms with Gasteiger partial charge >= 0.3 is 6.18 Å². The molecule has 0 aliphatic heterocycles. The Labute approximate surface area is 166 Å². The number of carbonyl (C=O) groups excluding carboxylic acids is 1. The zero-order valence-corrected chi connectivity index (χ0v) is 16.7. The van der Waals surface area contributed by atoms with Gasteiger partial charge in [0, 0.05) is 0 Å². The molecule has 0 fully saturated rings. The molecular weight excluding hydrogens is 412 g/mol. The lowest BCUT2D eigenvalue weighted by Crippen LogP contribution is -2.48. The molecule has 5 nitrogen and oxygen atoms in total. The second kappa shape index (κ2) is 8.40. The summed E-state index contributed by atoms with van der Waals surface area (Å²) in [6, 6.07) is 7.20. The van der Waals surface area contributed by atoms with Crippen LogP contribution in [0.5, 0.6) is 0 Å². The van der Waals surface area contributed by atoms with Crippen LogP contribution in [0, 0.1) is 5.82 Å². The summed E-state index contributed by atoms with van der Waals surface area (Å²) in [6.07, 6.45) is -3.86. The maximum absolute atomic E-state index is 13.0. The molecule has 0 radical (unpaired) electrons. The number of hydrogen-bond acceptors (Lipinski definition) is 3. The van der Waals surface area contributed by atoms with Crippen LogP contribution < -0.4 is 9.62 Å². The lowest BCUT2D eigenvalue weighted by Gasteiger charge is -2.29. The van der Waals surface area contributed by atoms with E-state index >= 15 is 0 Å². The molecule has 0 aliphatic carbocycles. The minimum absolute atomic E-state index is 0.278. The van der Waals surface area contributed by atoms with Gasteiger partial charge in [-0.2, -0.15) is 13.2 Å². The summed E-state index contributed by atoms with van der Waals surface area (Å²) in [6.45, 7) is 2.89. The molecule has 10 heteroatoms. The number of rotatable bonds is 6. The highest BCUT2D eigenvalue weighted by molar-refractivity contribution is 7.92. The molecule has 2 aromatic rings. The van der Waals surface area contributed by atoms with E-state index in [1.807, 2.05) is 0 Å². The Morgan fingerprint density at radius 3 is 2.17 bits per heavy atom. The second-order valence-electron chi connectivity index (χ2n) is 6.56. The summed E-state index contributed by atoms with van der Waals surface area (Å²) in [5.74, 6) is -1.17. The van der Waals surface area contributed by atoms with E-state index in [-0.39, 0.29) is 5.69 Å². The summed E-state index contributed by atoms with van der Waals surface area (Å²) in [5, 5.41) is 2.59. The van der Waals surface area contributed by atoms with Crippen molar-refractivity contribution < 1.29 is 30.8 Å². The molecular formula is C19H20F4N2O3S. The minimum Gasteiger partial charge on any atom is -0.348 e. The highest BCUT2D eigenvalue weighted by atomic mass is 32.2. The third kappa shape index (κ3) is 5.69. The van der Waals surface area contributed by atoms with Gasteiger partial charge in [-0.25, -0.2) is 12.8 Å². The van der Waals surface area contributed by atoms with Crippen molar-refractivity contribution in [3.05, 3.63) is 65.5 Å². The quantitative estimate of drug-likeness (QED) is 0.705. The van der Waals surface area contributed by atoms with Gasteiger partial charge in [-0.15, -0.1) is 0 Å². The van der Waals surface area contributed by atoms with E-state index in [4.69, 9.17) is 0 Å². The number of nitrogens with one attached hydrogen (secondary N) is 1. The molecule has 2 aromatic carbocycles. The van der Waals surface area contributed by atoms with E-state index in [0.29, 0.717) is 15.9 Å². The molecule has 2 atom stereocenters. The predicted octanol–water partition coefficient (Wildman–Crippen LogP) is 3.88. The first-order chi connectivity index (χ1) is 13.3. The zero-order chi connectivity index (χ0) is 22.0. The molecule has 158 valence electrons. The van der Waals surface area contributed by atoms with E-state index in [1.165, 1.54) is 37.3 Å². The van der Waals surface area contributed by atoms with E-state index < -0.39 is 45.6 Å². The van der Waals surface area contributed by atoms with E-state index in [1.54, 1.807) is 6.92 Å². The fourth-order valence-electron chi connectivity index (χ4n) is 2.80. The standard InChI is InChI=1S/C19H20F4N2O3S/c1-12(14-7-9-16(20)10-8-14)24-18(26)13(2)25(29(3,27)28)17-6-4-5-15(11-17)19(21,22)23/h4-13H,1-3H3,(H,24,26). The van der Waals surface area contributed by atoms with Gasteiger partial charge in [0.15, 0.2) is 0 Å². The molecule has 1 amide bonds. The lowest BCUT2D eigenvalue weighted by atomic mass is 10.1. The largest absolute Gasteiger partial charge is 0.416 e. The molecule has 2 unspecified atom stereocenters. The number of nitrogens with zero attached hydrogens (tertiary/aromatic N) is 1. The van der Waals surface area contributed by atoms with Crippen molar-refractivity contribution in [2.24, 2.45) is 0 Å². The number of amides is 1. The molecule has 0 spiro atoms. The summed E-state index contributed by atoms with van der Waals surface area (Å²) in [7, 11) is -4.07. The summed E-state index contributed by atoms with van der Waals surface area (Å²) < 4.78 is 77.2. The van der Waals surface area contributed by atoms with Crippen LogP contribution in [0.3, 0.4) is 0 Å². The SMILES string of the molecule is CC(NC(=O)C(C)N(c1cccc(C(F)(F)F)c1)S(C)(=O)=O)c1ccc(F)cc1. The van der Waals surface area contributed by atoms with Crippen molar-refractivity contribution in [1.82, 2.24) is 5.32 Å². The van der Waals surface area contributed by atoms with Crippen molar-refractivity contribution in [2.45, 2.75) is 32.1 Å². The van der Waals surface area contributed by atoms with Crippen LogP contribution in [0.2, 0.25) is 0 Å². The number of benzene rings is 2. The predicted molar refractivity (Wildman–Crippen MR) is 101 cm³/mol. The van der Waals surface area contributed by atoms with Crippen LogP contribution in [-0.2, 0) is 21.0 Å². The monoisotopic (exact) mass is 432 g/mol. The third-order valence-electron chi connectivity index (χ3n) is 4.25. The molecule has 0 saturated carbocycles. The Morgan fingerprint density at radius 2 is 1.66 bits per heavy atom. The molecule has 29 heavy (non-hydrogen) atoms. The molecule has 0 heterocycles. The molecule has 0 bridgehead atoms. The Bertz CT molecular complexity index is 976. The number of hydrogen-bond donors (Lipinski definition) is 1. The normalized spacial score (nSPS) is 14.2. The molecule has 2 rings (SSSR count). The lowest BCUT2D eigenvalue weighted by molar-refractivity contribution is -0.137. The first kappa shape index (κ1) is 22.7. The Hall–Kier alpha value is -2.62. The topological polar surface area (TPSA) is 66.5 Å². The van der Waals surface area contributed by atoms with Gasteiger partial charge in [0.2, 0.25) is 15.9 Å². The minimum atomic E-state index is -4.66. The van der Waals surface area contributed by atoms with Gasteiger partial charge in [-0.3, -0.25) is 9.10 Å². The third-order valence-corrected chi connectivity index (χ3v) is 5.49. The molecule has 1 N–H and O–H groups in total. The molecule has 0 aliphatic rings. The first-order valence-corrected chi connectivity index (χ1v) is 10.4. The van der Waals surface area contributed by atoms with Crippen molar-refractivity contribution in [2.75, 3.05) is 10.6 Å². The van der Waals surface area contributed by atoms with Crippen LogP contribution in [0.1, 0.15) is 31.0 Å². The number of sulfonamides is 1. The van der Waals surface area contributed by atoms with Crippen molar-refractivity contribution in [1.29, 1.82) is 0 Å². The van der Waals surface area contributed by atoms with E-state index in [9.17, 15) is 30.8 Å². The molecule has 0 saturated heterocycles. The van der Waals surface area contributed by atoms with Crippen LogP contribution in [0.15, 0.2) is 48.5 Å². The van der Waals surface area contributed by atoms with Crippen LogP contribution in [0.25, 0.3) is 0 Å². The maximum atomic E-state index is 13.0. The van der Waals surface area contributed by atoms with Gasteiger partial charge in [0.1, 0.15) is 11.9 Å². The Balaban J connectivity index is 2.31. The zero-order valence-electron chi connectivity index (χ0n) is 15.9. The summed E-state index contributed by atoms with van der Waals surface area (Å²) in [4.78, 5) is 12.6. The van der Waals surface area contributed by atoms with Gasteiger partial charge in [-0.05, 0) is 49.7 Å². The number of alkyl halides is 3. The maximum Gasteiger partial charge on any atom is 0.416 e. The highest BCUT2D eigenvalue weighted by Gasteiger charge is 2.34. The van der Waals surface area contributed by atoms with Crippen LogP contribution in [-0.4, -0.2) is 26.6 Å². The fraction of sp³-hybridized carbons (Fsp3) is 0.316. The average Bonchev–Trinajstić information content (AvgIpc) is 2.60. The van der Waals surface area contributed by atoms with Crippen LogP contribution >= 0.6 is 0 Å². The Kier molecular flexibility index (Phi) is 6.56. The summed E-state index contributed by atoms with van der Waals surface area (Å²) in [5.41, 5.74) is -0.729. The highest BCUT2D eigenvalue weighted by Crippen LogP contribution is 2.33. The van der Waals surface area contributed by atoms with Gasteiger partial charge in [0.25, 0.3) is 0 Å². The molecule has 0 aromatic heterocycles. The fourth-order valence-corrected chi connectivity index (χ4v) is 3.96. The number of anilines is 1. The summed E-state index contributed by atoms with van der Waals surface area (Å²) >= 11 is 0. The Morgan fingerprint density at radius 1 is 1.07 bits per heavy atom. The van der Waals surface area contributed by atoms with Crippen molar-refractivity contribution >= 4 is 21.6 Å². The number of carbonyl (C=O) groups is 1. The van der Waals surface area contributed by atoms with Gasteiger partial charge < -0.3 is 5.32 Å². The number of halogens is 4. The van der Waals surface area contributed by atoms with Crippen molar-refractivity contribution in [3.63, 3.8) is 0 Å². The second-order valence-corrected chi connectivity index (χ2v) is 8.42. The smallest absolute Gasteiger partial charge is 0.348 e. The van der Waals surface area contributed by atoms with Crippen molar-refractivity contribution in [3.8, 4) is 0 Å².